The molecule has 0 amide bonds. The monoisotopic (exact) mass is 299 g/mol. The number of nitrogens with one attached hydrogen (secondary N) is 1. The number of hydrogen-bond acceptors (Lipinski definition) is 6. The van der Waals surface area contributed by atoms with Crippen LogP contribution >= 0.6 is 0 Å². The summed E-state index contributed by atoms with van der Waals surface area (Å²) in [7, 11) is 1.59. The van der Waals surface area contributed by atoms with Gasteiger partial charge in [0.15, 0.2) is 11.2 Å². The van der Waals surface area contributed by atoms with E-state index >= 15 is 0 Å². The molecule has 0 saturated carbocycles. The summed E-state index contributed by atoms with van der Waals surface area (Å²) in [5.74, 6) is 6.60. The van der Waals surface area contributed by atoms with Gasteiger partial charge in [-0.15, -0.1) is 5.92 Å². The molecule has 2 heterocycles. The van der Waals surface area contributed by atoms with Crippen molar-refractivity contribution >= 4 is 17.1 Å². The predicted molar refractivity (Wildman–Crippen MR) is 83.1 cm³/mol. The average molecular weight is 299 g/mol. The van der Waals surface area contributed by atoms with Gasteiger partial charge in [0, 0.05) is 20.1 Å². The number of rotatable bonds is 5. The third-order valence-corrected chi connectivity index (χ3v) is 3.16. The number of aromatic nitrogens is 4. The molecule has 0 atom stereocenters. The molecule has 2 aromatic rings. The lowest BCUT2D eigenvalue weighted by Crippen LogP contribution is -2.24. The summed E-state index contributed by atoms with van der Waals surface area (Å²) in [4.78, 5) is 21.2. The van der Waals surface area contributed by atoms with Gasteiger partial charge in [0.25, 0.3) is 5.56 Å². The maximum absolute atomic E-state index is 12.5. The van der Waals surface area contributed by atoms with Gasteiger partial charge in [-0.05, 0) is 6.92 Å². The molecule has 2 rings (SSSR count). The van der Waals surface area contributed by atoms with Crippen LogP contribution in [-0.4, -0.2) is 32.2 Å². The Morgan fingerprint density at radius 3 is 2.82 bits per heavy atom. The van der Waals surface area contributed by atoms with Gasteiger partial charge < -0.3 is 11.1 Å². The van der Waals surface area contributed by atoms with Crippen molar-refractivity contribution < 1.29 is 0 Å². The summed E-state index contributed by atoms with van der Waals surface area (Å²) in [5.41, 5.74) is 5.92. The van der Waals surface area contributed by atoms with Crippen LogP contribution in [0.15, 0.2) is 4.79 Å². The van der Waals surface area contributed by atoms with Gasteiger partial charge in [0.2, 0.25) is 5.95 Å². The molecular formula is C14H17N7O. The summed E-state index contributed by atoms with van der Waals surface area (Å²) < 4.78 is 3.06. The number of hydrogen-bond donors (Lipinski definition) is 2. The molecule has 0 saturated heterocycles. The number of anilines is 1. The van der Waals surface area contributed by atoms with E-state index in [2.05, 4.69) is 27.1 Å². The van der Waals surface area contributed by atoms with Crippen LogP contribution < -0.4 is 16.6 Å². The molecule has 8 nitrogen and oxygen atoms in total. The zero-order valence-electron chi connectivity index (χ0n) is 12.6. The average Bonchev–Trinajstić information content (AvgIpc) is 2.86. The smallest absolute Gasteiger partial charge is 0.279 e. The molecule has 0 bridgehead atoms. The Morgan fingerprint density at radius 2 is 2.18 bits per heavy atom. The largest absolute Gasteiger partial charge is 0.354 e. The Bertz CT molecular complexity index is 844. The van der Waals surface area contributed by atoms with Gasteiger partial charge >= 0.3 is 0 Å². The second-order valence-corrected chi connectivity index (χ2v) is 4.56. The molecule has 0 radical (unpaired) electrons. The molecular weight excluding hydrogens is 282 g/mol. The Labute approximate surface area is 127 Å². The van der Waals surface area contributed by atoms with Crippen molar-refractivity contribution in [3.8, 4) is 17.9 Å². The van der Waals surface area contributed by atoms with E-state index in [9.17, 15) is 4.79 Å². The standard InChI is InChI=1S/C14H17N7O/c1-3-4-9-21-11-12(19-14(21)17-8-7-16)18-10(5-6-15)20(2)13(11)22/h5,7-9,16H2,1-2H3,(H,17,19). The quantitative estimate of drug-likeness (QED) is 0.725. The van der Waals surface area contributed by atoms with Gasteiger partial charge in [-0.1, -0.05) is 5.92 Å². The van der Waals surface area contributed by atoms with E-state index in [1.165, 1.54) is 4.57 Å². The van der Waals surface area contributed by atoms with Crippen LogP contribution in [0.25, 0.3) is 11.2 Å². The van der Waals surface area contributed by atoms with Crippen molar-refractivity contribution in [3.63, 3.8) is 0 Å². The lowest BCUT2D eigenvalue weighted by Gasteiger charge is -2.07. The van der Waals surface area contributed by atoms with Crippen LogP contribution in [0.2, 0.25) is 0 Å². The van der Waals surface area contributed by atoms with Gasteiger partial charge in [-0.3, -0.25) is 13.9 Å². The van der Waals surface area contributed by atoms with Crippen molar-refractivity contribution in [1.82, 2.24) is 19.1 Å². The van der Waals surface area contributed by atoms with Crippen LogP contribution in [0.5, 0.6) is 0 Å². The first-order valence-corrected chi connectivity index (χ1v) is 6.80. The van der Waals surface area contributed by atoms with E-state index in [1.807, 2.05) is 6.07 Å². The highest BCUT2D eigenvalue weighted by molar-refractivity contribution is 5.74. The fraction of sp³-hybridized carbons (Fsp3) is 0.429. The van der Waals surface area contributed by atoms with E-state index in [4.69, 9.17) is 11.0 Å². The third kappa shape index (κ3) is 2.78. The lowest BCUT2D eigenvalue weighted by molar-refractivity contribution is 0.759. The highest BCUT2D eigenvalue weighted by Gasteiger charge is 2.17. The van der Waals surface area contributed by atoms with E-state index < -0.39 is 0 Å². The summed E-state index contributed by atoms with van der Waals surface area (Å²) in [6, 6.07) is 2.00. The third-order valence-electron chi connectivity index (χ3n) is 3.16. The van der Waals surface area contributed by atoms with Crippen molar-refractivity contribution in [2.45, 2.75) is 19.9 Å². The van der Waals surface area contributed by atoms with Gasteiger partial charge in [-0.25, -0.2) is 4.98 Å². The molecule has 0 fully saturated rings. The maximum Gasteiger partial charge on any atom is 0.279 e. The minimum atomic E-state index is -0.249. The first kappa shape index (κ1) is 15.5. The molecule has 2 aromatic heterocycles. The Hall–Kier alpha value is -2.84. The fourth-order valence-electron chi connectivity index (χ4n) is 2.06. The minimum Gasteiger partial charge on any atom is -0.354 e. The van der Waals surface area contributed by atoms with E-state index in [0.717, 1.165) is 0 Å². The second kappa shape index (κ2) is 6.74. The van der Waals surface area contributed by atoms with Crippen LogP contribution in [0.3, 0.4) is 0 Å². The molecule has 3 N–H and O–H groups in total. The molecule has 0 aliphatic rings. The van der Waals surface area contributed by atoms with Crippen molar-refractivity contribution in [2.24, 2.45) is 12.8 Å². The summed E-state index contributed by atoms with van der Waals surface area (Å²) in [6.07, 6.45) is 0.0505. The molecule has 22 heavy (non-hydrogen) atoms. The Balaban J connectivity index is 2.69. The van der Waals surface area contributed by atoms with Crippen molar-refractivity contribution in [2.75, 3.05) is 18.4 Å². The summed E-state index contributed by atoms with van der Waals surface area (Å²) in [5, 5.41) is 11.9. The number of fused-ring (bicyclic) bond motifs is 1. The van der Waals surface area contributed by atoms with Crippen LogP contribution in [0.4, 0.5) is 5.95 Å². The zero-order chi connectivity index (χ0) is 16.1. The van der Waals surface area contributed by atoms with Crippen molar-refractivity contribution in [1.29, 1.82) is 5.26 Å². The summed E-state index contributed by atoms with van der Waals surface area (Å²) >= 11 is 0. The molecule has 0 aliphatic carbocycles. The predicted octanol–water partition coefficient (Wildman–Crippen LogP) is -0.410. The number of nitriles is 1. The number of nitrogens with two attached hydrogens (primary N) is 1. The van der Waals surface area contributed by atoms with Gasteiger partial charge in [0.05, 0.1) is 19.0 Å². The number of nitrogens with zero attached hydrogens (tertiary/aromatic N) is 5. The molecule has 0 aromatic carbocycles. The molecule has 8 heteroatoms. The van der Waals surface area contributed by atoms with E-state index in [0.29, 0.717) is 42.6 Å². The summed E-state index contributed by atoms with van der Waals surface area (Å²) in [6.45, 7) is 3.02. The lowest BCUT2D eigenvalue weighted by atomic mass is 10.4. The Morgan fingerprint density at radius 1 is 1.41 bits per heavy atom. The SMILES string of the molecule is CC#CCn1c(NCCN)nc2nc(CC#N)n(C)c(=O)c21. The fourth-order valence-corrected chi connectivity index (χ4v) is 2.06. The number of imidazole rings is 1. The highest BCUT2D eigenvalue weighted by Crippen LogP contribution is 2.15. The minimum absolute atomic E-state index is 0.0505. The van der Waals surface area contributed by atoms with Gasteiger partial charge in [-0.2, -0.15) is 10.2 Å². The molecule has 114 valence electrons. The first-order valence-electron chi connectivity index (χ1n) is 6.80. The molecule has 0 aliphatic heterocycles. The maximum atomic E-state index is 12.5. The Kier molecular flexibility index (Phi) is 4.77. The first-order chi connectivity index (χ1) is 10.6. The zero-order valence-corrected chi connectivity index (χ0v) is 12.6. The van der Waals surface area contributed by atoms with E-state index in [-0.39, 0.29) is 12.0 Å². The molecule has 0 spiro atoms. The normalized spacial score (nSPS) is 10.1. The topological polar surface area (TPSA) is 115 Å². The van der Waals surface area contributed by atoms with Crippen LogP contribution in [0.1, 0.15) is 12.7 Å². The second-order valence-electron chi connectivity index (χ2n) is 4.56. The highest BCUT2D eigenvalue weighted by atomic mass is 16.1. The van der Waals surface area contributed by atoms with Crippen LogP contribution in [0, 0.1) is 23.2 Å². The van der Waals surface area contributed by atoms with E-state index in [1.54, 1.807) is 18.5 Å². The van der Waals surface area contributed by atoms with Crippen molar-refractivity contribution in [3.05, 3.63) is 16.2 Å². The molecule has 0 unspecified atom stereocenters. The van der Waals surface area contributed by atoms with Crippen LogP contribution in [-0.2, 0) is 20.0 Å². The van der Waals surface area contributed by atoms with Gasteiger partial charge in [0.1, 0.15) is 5.82 Å².